The summed E-state index contributed by atoms with van der Waals surface area (Å²) >= 11 is 0. The summed E-state index contributed by atoms with van der Waals surface area (Å²) in [7, 11) is 0. The molecule has 0 unspecified atom stereocenters. The van der Waals surface area contributed by atoms with E-state index < -0.39 is 5.97 Å². The summed E-state index contributed by atoms with van der Waals surface area (Å²) in [4.78, 5) is 23.2. The Bertz CT molecular complexity index is 215. The van der Waals surface area contributed by atoms with Crippen molar-refractivity contribution in [3.63, 3.8) is 0 Å². The van der Waals surface area contributed by atoms with Gasteiger partial charge in [0.25, 0.3) is 0 Å². The molecule has 0 aliphatic heterocycles. The number of likely N-dealkylation sites (N-methyl/N-ethyl adjacent to an activating group) is 1. The molecule has 0 aromatic carbocycles. The molecule has 16 heavy (non-hydrogen) atoms. The lowest BCUT2D eigenvalue weighted by Crippen LogP contribution is -2.33. The number of carbonyl (C=O) groups is 2. The fourth-order valence-corrected chi connectivity index (χ4v) is 1.10. The van der Waals surface area contributed by atoms with Gasteiger partial charge in [0.1, 0.15) is 13.2 Å². The van der Waals surface area contributed by atoms with E-state index in [1.807, 2.05) is 13.8 Å². The minimum atomic E-state index is -1.01. The number of hydrogen-bond acceptors (Lipinski definition) is 4. The van der Waals surface area contributed by atoms with Crippen LogP contribution in [0.15, 0.2) is 0 Å². The number of carboxylic acids is 1. The van der Waals surface area contributed by atoms with Crippen LogP contribution in [-0.4, -0.2) is 61.4 Å². The van der Waals surface area contributed by atoms with E-state index in [9.17, 15) is 9.59 Å². The molecule has 0 radical (unpaired) electrons. The molecule has 0 atom stereocenters. The largest absolute Gasteiger partial charge is 0.480 e. The molecule has 0 bridgehead atoms. The maximum absolute atomic E-state index is 11.4. The maximum atomic E-state index is 11.4. The van der Waals surface area contributed by atoms with E-state index in [-0.39, 0.29) is 32.3 Å². The van der Waals surface area contributed by atoms with E-state index in [1.165, 1.54) is 0 Å². The standard InChI is InChI=1S/C10H19NO5/c1-3-11(4-2)9(12)7-15-5-6-16-8-10(13)14/h3-8H2,1-2H3,(H,13,14). The number of amides is 1. The van der Waals surface area contributed by atoms with Gasteiger partial charge in [-0.05, 0) is 13.8 Å². The topological polar surface area (TPSA) is 76.1 Å². The summed E-state index contributed by atoms with van der Waals surface area (Å²) in [6, 6.07) is 0. The average Bonchev–Trinajstić information content (AvgIpc) is 2.24. The van der Waals surface area contributed by atoms with Crippen molar-refractivity contribution < 1.29 is 24.2 Å². The van der Waals surface area contributed by atoms with E-state index >= 15 is 0 Å². The van der Waals surface area contributed by atoms with Gasteiger partial charge >= 0.3 is 5.97 Å². The van der Waals surface area contributed by atoms with Crippen LogP contribution in [0.1, 0.15) is 13.8 Å². The zero-order valence-electron chi connectivity index (χ0n) is 9.77. The Labute approximate surface area is 95.1 Å². The Morgan fingerprint density at radius 3 is 2.00 bits per heavy atom. The van der Waals surface area contributed by atoms with Gasteiger partial charge in [-0.25, -0.2) is 4.79 Å². The molecular formula is C10H19NO5. The van der Waals surface area contributed by atoms with Crippen molar-refractivity contribution in [2.75, 3.05) is 39.5 Å². The fraction of sp³-hybridized carbons (Fsp3) is 0.800. The second-order valence-electron chi connectivity index (χ2n) is 3.06. The highest BCUT2D eigenvalue weighted by molar-refractivity contribution is 5.77. The van der Waals surface area contributed by atoms with Crippen molar-refractivity contribution in [2.45, 2.75) is 13.8 Å². The van der Waals surface area contributed by atoms with E-state index in [0.29, 0.717) is 13.1 Å². The van der Waals surface area contributed by atoms with Gasteiger partial charge in [-0.3, -0.25) is 4.79 Å². The maximum Gasteiger partial charge on any atom is 0.329 e. The second kappa shape index (κ2) is 9.11. The summed E-state index contributed by atoms with van der Waals surface area (Å²) in [5.41, 5.74) is 0. The van der Waals surface area contributed by atoms with Crippen molar-refractivity contribution in [1.29, 1.82) is 0 Å². The molecule has 94 valence electrons. The average molecular weight is 233 g/mol. The number of hydrogen-bond donors (Lipinski definition) is 1. The van der Waals surface area contributed by atoms with Crippen LogP contribution in [0, 0.1) is 0 Å². The highest BCUT2D eigenvalue weighted by Crippen LogP contribution is 1.90. The molecule has 0 aliphatic carbocycles. The molecule has 0 fully saturated rings. The molecule has 0 rings (SSSR count). The highest BCUT2D eigenvalue weighted by atomic mass is 16.5. The van der Waals surface area contributed by atoms with Crippen molar-refractivity contribution in [2.24, 2.45) is 0 Å². The number of rotatable bonds is 9. The summed E-state index contributed by atoms with van der Waals surface area (Å²) in [5, 5.41) is 8.27. The molecule has 1 N–H and O–H groups in total. The SMILES string of the molecule is CCN(CC)C(=O)COCCOCC(=O)O. The summed E-state index contributed by atoms with van der Waals surface area (Å²) in [6.07, 6.45) is 0. The first-order valence-electron chi connectivity index (χ1n) is 5.26. The van der Waals surface area contributed by atoms with Crippen LogP contribution in [0.3, 0.4) is 0 Å². The third-order valence-electron chi connectivity index (χ3n) is 1.94. The van der Waals surface area contributed by atoms with E-state index in [1.54, 1.807) is 4.90 Å². The predicted octanol–water partition coefficient (Wildman–Crippen LogP) is -0.0274. The Morgan fingerprint density at radius 1 is 1.06 bits per heavy atom. The van der Waals surface area contributed by atoms with Gasteiger partial charge in [-0.15, -0.1) is 0 Å². The molecule has 1 amide bonds. The van der Waals surface area contributed by atoms with Gasteiger partial charge in [-0.2, -0.15) is 0 Å². The lowest BCUT2D eigenvalue weighted by atomic mass is 10.4. The Morgan fingerprint density at radius 2 is 1.56 bits per heavy atom. The second-order valence-corrected chi connectivity index (χ2v) is 3.06. The van der Waals surface area contributed by atoms with E-state index in [4.69, 9.17) is 14.6 Å². The van der Waals surface area contributed by atoms with Gasteiger partial charge < -0.3 is 19.5 Å². The number of nitrogens with zero attached hydrogens (tertiary/aromatic N) is 1. The molecule has 6 nitrogen and oxygen atoms in total. The van der Waals surface area contributed by atoms with E-state index in [2.05, 4.69) is 0 Å². The van der Waals surface area contributed by atoms with Crippen molar-refractivity contribution in [3.8, 4) is 0 Å². The summed E-state index contributed by atoms with van der Waals surface area (Å²) in [6.45, 7) is 5.20. The third kappa shape index (κ3) is 7.19. The third-order valence-corrected chi connectivity index (χ3v) is 1.94. The Balaban J connectivity index is 3.44. The molecule has 0 aromatic heterocycles. The number of ether oxygens (including phenoxy) is 2. The first-order valence-corrected chi connectivity index (χ1v) is 5.26. The predicted molar refractivity (Wildman–Crippen MR) is 57.2 cm³/mol. The van der Waals surface area contributed by atoms with Gasteiger partial charge in [0, 0.05) is 13.1 Å². The highest BCUT2D eigenvalue weighted by Gasteiger charge is 2.08. The van der Waals surface area contributed by atoms with Crippen LogP contribution in [0.5, 0.6) is 0 Å². The van der Waals surface area contributed by atoms with Crippen LogP contribution < -0.4 is 0 Å². The minimum Gasteiger partial charge on any atom is -0.480 e. The van der Waals surface area contributed by atoms with Crippen LogP contribution >= 0.6 is 0 Å². The van der Waals surface area contributed by atoms with Crippen LogP contribution in [0.4, 0.5) is 0 Å². The van der Waals surface area contributed by atoms with Crippen molar-refractivity contribution in [3.05, 3.63) is 0 Å². The Hall–Kier alpha value is -1.14. The van der Waals surface area contributed by atoms with Crippen LogP contribution in [-0.2, 0) is 19.1 Å². The number of carboxylic acid groups (broad SMARTS) is 1. The molecule has 0 heterocycles. The van der Waals surface area contributed by atoms with Gasteiger partial charge in [-0.1, -0.05) is 0 Å². The molecule has 0 aliphatic rings. The molecule has 0 spiro atoms. The first kappa shape index (κ1) is 14.9. The zero-order valence-corrected chi connectivity index (χ0v) is 9.77. The number of aliphatic carboxylic acids is 1. The quantitative estimate of drug-likeness (QED) is 0.566. The lowest BCUT2D eigenvalue weighted by molar-refractivity contribution is -0.144. The lowest BCUT2D eigenvalue weighted by Gasteiger charge is -2.18. The van der Waals surface area contributed by atoms with Gasteiger partial charge in [0.05, 0.1) is 13.2 Å². The van der Waals surface area contributed by atoms with E-state index in [0.717, 1.165) is 0 Å². The van der Waals surface area contributed by atoms with Crippen molar-refractivity contribution >= 4 is 11.9 Å². The molecular weight excluding hydrogens is 214 g/mol. The molecule has 0 saturated carbocycles. The molecule has 0 saturated heterocycles. The van der Waals surface area contributed by atoms with Gasteiger partial charge in [0.2, 0.25) is 5.91 Å². The normalized spacial score (nSPS) is 10.1. The monoisotopic (exact) mass is 233 g/mol. The summed E-state index contributed by atoms with van der Waals surface area (Å²) < 4.78 is 9.79. The molecule has 0 aromatic rings. The summed E-state index contributed by atoms with van der Waals surface area (Å²) in [5.74, 6) is -1.08. The first-order chi connectivity index (χ1) is 7.61. The van der Waals surface area contributed by atoms with Gasteiger partial charge in [0.15, 0.2) is 0 Å². The smallest absolute Gasteiger partial charge is 0.329 e. The number of carbonyl (C=O) groups excluding carboxylic acids is 1. The zero-order chi connectivity index (χ0) is 12.4. The van der Waals surface area contributed by atoms with Crippen LogP contribution in [0.25, 0.3) is 0 Å². The molecule has 6 heteroatoms. The van der Waals surface area contributed by atoms with Crippen LogP contribution in [0.2, 0.25) is 0 Å². The Kier molecular flexibility index (Phi) is 8.46. The van der Waals surface area contributed by atoms with Crippen molar-refractivity contribution in [1.82, 2.24) is 4.90 Å². The fourth-order valence-electron chi connectivity index (χ4n) is 1.10. The minimum absolute atomic E-state index is 0.0120.